The van der Waals surface area contributed by atoms with E-state index < -0.39 is 0 Å². The summed E-state index contributed by atoms with van der Waals surface area (Å²) in [6.45, 7) is 7.33. The summed E-state index contributed by atoms with van der Waals surface area (Å²) < 4.78 is 0. The van der Waals surface area contributed by atoms with Crippen LogP contribution in [0.3, 0.4) is 0 Å². The SMILES string of the molecule is C/C(=C/CC[C@]1(C)C2C[C@@H]3[C@H](C2)C31C)CO. The van der Waals surface area contributed by atoms with Gasteiger partial charge >= 0.3 is 0 Å². The molecule has 4 saturated carbocycles. The van der Waals surface area contributed by atoms with E-state index in [0.717, 1.165) is 29.7 Å². The molecule has 4 fully saturated rings. The van der Waals surface area contributed by atoms with Crippen molar-refractivity contribution in [3.63, 3.8) is 0 Å². The molecule has 0 aliphatic heterocycles. The highest BCUT2D eigenvalue weighted by molar-refractivity contribution is 5.29. The van der Waals surface area contributed by atoms with E-state index in [9.17, 15) is 0 Å². The normalized spacial score (nSPS) is 53.5. The van der Waals surface area contributed by atoms with Crippen LogP contribution in [-0.4, -0.2) is 11.7 Å². The van der Waals surface area contributed by atoms with Crippen LogP contribution in [0, 0.1) is 28.6 Å². The van der Waals surface area contributed by atoms with E-state index in [1.807, 2.05) is 6.92 Å². The van der Waals surface area contributed by atoms with E-state index >= 15 is 0 Å². The van der Waals surface area contributed by atoms with Crippen LogP contribution in [0.5, 0.6) is 0 Å². The smallest absolute Gasteiger partial charge is 0.0639 e. The first-order valence-corrected chi connectivity index (χ1v) is 6.80. The first-order valence-electron chi connectivity index (χ1n) is 6.80. The fraction of sp³-hybridized carbons (Fsp3) is 0.867. The number of aliphatic hydroxyl groups is 1. The molecule has 0 heterocycles. The van der Waals surface area contributed by atoms with Crippen LogP contribution in [0.15, 0.2) is 11.6 Å². The minimum Gasteiger partial charge on any atom is -0.392 e. The highest BCUT2D eigenvalue weighted by Crippen LogP contribution is 2.87. The summed E-state index contributed by atoms with van der Waals surface area (Å²) in [6.07, 6.45) is 7.76. The van der Waals surface area contributed by atoms with Gasteiger partial charge in [0.25, 0.3) is 0 Å². The summed E-state index contributed by atoms with van der Waals surface area (Å²) in [7, 11) is 0. The molecule has 0 radical (unpaired) electrons. The van der Waals surface area contributed by atoms with E-state index in [-0.39, 0.29) is 6.61 Å². The van der Waals surface area contributed by atoms with Gasteiger partial charge in [-0.1, -0.05) is 25.5 Å². The molecule has 0 saturated heterocycles. The Kier molecular flexibility index (Phi) is 2.12. The van der Waals surface area contributed by atoms with Crippen LogP contribution in [0.4, 0.5) is 0 Å². The van der Waals surface area contributed by atoms with Crippen molar-refractivity contribution in [1.82, 2.24) is 0 Å². The number of hydrogen-bond donors (Lipinski definition) is 1. The van der Waals surface area contributed by atoms with Crippen LogP contribution in [-0.2, 0) is 0 Å². The van der Waals surface area contributed by atoms with Crippen LogP contribution < -0.4 is 0 Å². The van der Waals surface area contributed by atoms with Crippen LogP contribution in [0.2, 0.25) is 0 Å². The largest absolute Gasteiger partial charge is 0.392 e. The Bertz CT molecular complexity index is 331. The van der Waals surface area contributed by atoms with Gasteiger partial charge in [-0.25, -0.2) is 0 Å². The fourth-order valence-corrected chi connectivity index (χ4v) is 5.19. The van der Waals surface area contributed by atoms with Crippen molar-refractivity contribution in [2.45, 2.75) is 46.5 Å². The molecule has 1 nitrogen and oxygen atoms in total. The van der Waals surface area contributed by atoms with Gasteiger partial charge in [-0.05, 0) is 61.2 Å². The van der Waals surface area contributed by atoms with Crippen molar-refractivity contribution < 1.29 is 5.11 Å². The Morgan fingerprint density at radius 2 is 1.94 bits per heavy atom. The molecular weight excluding hydrogens is 196 g/mol. The summed E-state index contributed by atoms with van der Waals surface area (Å²) in [5.74, 6) is 3.16. The summed E-state index contributed by atoms with van der Waals surface area (Å²) in [4.78, 5) is 0. The summed E-state index contributed by atoms with van der Waals surface area (Å²) in [5, 5.41) is 8.99. The lowest BCUT2D eigenvalue weighted by Crippen LogP contribution is -2.26. The lowest BCUT2D eigenvalue weighted by Gasteiger charge is -2.34. The molecule has 4 bridgehead atoms. The second-order valence-electron chi connectivity index (χ2n) is 6.83. The lowest BCUT2D eigenvalue weighted by molar-refractivity contribution is 0.154. The van der Waals surface area contributed by atoms with Gasteiger partial charge in [0.1, 0.15) is 0 Å². The first-order chi connectivity index (χ1) is 7.54. The molecular formula is C15H24O. The van der Waals surface area contributed by atoms with E-state index in [4.69, 9.17) is 5.11 Å². The van der Waals surface area contributed by atoms with Gasteiger partial charge in [0.05, 0.1) is 6.61 Å². The molecule has 16 heavy (non-hydrogen) atoms. The third-order valence-corrected chi connectivity index (χ3v) is 6.53. The maximum absolute atomic E-state index is 8.99. The zero-order valence-corrected chi connectivity index (χ0v) is 10.8. The molecule has 0 aromatic heterocycles. The fourth-order valence-electron chi connectivity index (χ4n) is 5.19. The van der Waals surface area contributed by atoms with Crippen molar-refractivity contribution in [2.75, 3.05) is 6.61 Å². The predicted octanol–water partition coefficient (Wildman–Crippen LogP) is 3.39. The Morgan fingerprint density at radius 3 is 2.38 bits per heavy atom. The number of rotatable bonds is 4. The Balaban J connectivity index is 1.68. The van der Waals surface area contributed by atoms with Gasteiger partial charge in [0, 0.05) is 0 Å². The monoisotopic (exact) mass is 220 g/mol. The first kappa shape index (κ1) is 10.8. The van der Waals surface area contributed by atoms with Crippen LogP contribution in [0.25, 0.3) is 0 Å². The van der Waals surface area contributed by atoms with Crippen molar-refractivity contribution in [1.29, 1.82) is 0 Å². The molecule has 1 N–H and O–H groups in total. The lowest BCUT2D eigenvalue weighted by atomic mass is 9.71. The Hall–Kier alpha value is -0.300. The highest BCUT2D eigenvalue weighted by Gasteiger charge is 2.80. The van der Waals surface area contributed by atoms with Crippen LogP contribution in [0.1, 0.15) is 46.5 Å². The molecule has 1 heteroatoms. The second-order valence-corrected chi connectivity index (χ2v) is 6.83. The second kappa shape index (κ2) is 3.13. The maximum atomic E-state index is 8.99. The predicted molar refractivity (Wildman–Crippen MR) is 66.0 cm³/mol. The average molecular weight is 220 g/mol. The molecule has 4 aliphatic rings. The third kappa shape index (κ3) is 1.06. The zero-order chi connectivity index (χ0) is 11.6. The van der Waals surface area contributed by atoms with E-state index in [1.54, 1.807) is 0 Å². The highest BCUT2D eigenvalue weighted by atomic mass is 16.3. The van der Waals surface area contributed by atoms with Gasteiger partial charge in [0.2, 0.25) is 0 Å². The molecule has 0 amide bonds. The number of allylic oxidation sites excluding steroid dienone is 1. The number of aliphatic hydroxyl groups excluding tert-OH is 1. The van der Waals surface area contributed by atoms with E-state index in [2.05, 4.69) is 19.9 Å². The Morgan fingerprint density at radius 1 is 1.31 bits per heavy atom. The van der Waals surface area contributed by atoms with Crippen molar-refractivity contribution in [2.24, 2.45) is 28.6 Å². The molecule has 90 valence electrons. The van der Waals surface area contributed by atoms with Gasteiger partial charge in [-0.3, -0.25) is 0 Å². The zero-order valence-electron chi connectivity index (χ0n) is 10.8. The summed E-state index contributed by atoms with van der Waals surface area (Å²) >= 11 is 0. The van der Waals surface area contributed by atoms with Crippen molar-refractivity contribution in [3.05, 3.63) is 11.6 Å². The van der Waals surface area contributed by atoms with E-state index in [1.165, 1.54) is 19.3 Å². The Labute approximate surface area is 98.9 Å². The molecule has 5 atom stereocenters. The van der Waals surface area contributed by atoms with Gasteiger partial charge in [0.15, 0.2) is 0 Å². The summed E-state index contributed by atoms with van der Waals surface area (Å²) in [6, 6.07) is 0. The van der Waals surface area contributed by atoms with Crippen molar-refractivity contribution in [3.8, 4) is 0 Å². The maximum Gasteiger partial charge on any atom is 0.0639 e. The molecule has 4 rings (SSSR count). The van der Waals surface area contributed by atoms with E-state index in [0.29, 0.717) is 10.8 Å². The van der Waals surface area contributed by atoms with Crippen LogP contribution >= 0.6 is 0 Å². The van der Waals surface area contributed by atoms with Gasteiger partial charge in [-0.2, -0.15) is 0 Å². The minimum absolute atomic E-state index is 0.225. The van der Waals surface area contributed by atoms with Gasteiger partial charge in [-0.15, -0.1) is 0 Å². The molecule has 0 spiro atoms. The number of hydrogen-bond acceptors (Lipinski definition) is 1. The topological polar surface area (TPSA) is 20.2 Å². The third-order valence-electron chi connectivity index (χ3n) is 6.53. The molecule has 4 aliphatic carbocycles. The minimum atomic E-state index is 0.225. The molecule has 0 aromatic carbocycles. The molecule has 2 unspecified atom stereocenters. The van der Waals surface area contributed by atoms with Gasteiger partial charge < -0.3 is 5.11 Å². The van der Waals surface area contributed by atoms with Crippen molar-refractivity contribution >= 4 is 0 Å². The standard InChI is InChI=1S/C15H24O/c1-10(9-16)5-4-6-14(2)11-7-12-13(8-11)15(12,14)3/h5,11-13,16H,4,6-9H2,1-3H3/b10-5-/t11?,12-,13+,14-,15?/m1/s1. The quantitative estimate of drug-likeness (QED) is 0.720. The summed E-state index contributed by atoms with van der Waals surface area (Å²) in [5.41, 5.74) is 2.43. The molecule has 0 aromatic rings. The average Bonchev–Trinajstić information content (AvgIpc) is 2.62.